The molecule has 0 bridgehead atoms. The second kappa shape index (κ2) is 6.32. The largest absolute Gasteiger partial charge is 0.273 e. The van der Waals surface area contributed by atoms with Gasteiger partial charge >= 0.3 is 0 Å². The molecule has 0 radical (unpaired) electrons. The molecule has 2 atom stereocenters. The summed E-state index contributed by atoms with van der Waals surface area (Å²) in [6.07, 6.45) is 0.894. The second-order valence-electron chi connectivity index (χ2n) is 5.54. The van der Waals surface area contributed by atoms with E-state index >= 15 is 0 Å². The molecule has 1 aliphatic rings. The van der Waals surface area contributed by atoms with E-state index < -0.39 is 0 Å². The predicted octanol–water partition coefficient (Wildman–Crippen LogP) is 3.98. The van der Waals surface area contributed by atoms with Crippen LogP contribution in [0.3, 0.4) is 0 Å². The van der Waals surface area contributed by atoms with Gasteiger partial charge in [-0.25, -0.2) is 5.43 Å². The van der Waals surface area contributed by atoms with E-state index in [-0.39, 0.29) is 11.8 Å². The van der Waals surface area contributed by atoms with Crippen LogP contribution < -0.4 is 5.43 Å². The molecule has 0 spiro atoms. The first kappa shape index (κ1) is 14.8. The van der Waals surface area contributed by atoms with E-state index in [4.69, 9.17) is 11.6 Å². The first-order valence-electron chi connectivity index (χ1n) is 7.30. The standard InChI is InChI=1S/C18H17ClN2O/c1-12(13-7-9-15(19)10-8-13)20-21-18(22)17-11-16(17)14-5-3-2-4-6-14/h2-10,16-17H,11H2,1H3,(H,21,22)/b20-12-/t16-,17-/m0/s1. The lowest BCUT2D eigenvalue weighted by Gasteiger charge is -2.03. The quantitative estimate of drug-likeness (QED) is 0.673. The van der Waals surface area contributed by atoms with Crippen LogP contribution in [0.25, 0.3) is 0 Å². The Morgan fingerprint density at radius 2 is 1.82 bits per heavy atom. The molecule has 4 heteroatoms. The fourth-order valence-electron chi connectivity index (χ4n) is 2.53. The van der Waals surface area contributed by atoms with Gasteiger partial charge in [-0.05, 0) is 42.5 Å². The van der Waals surface area contributed by atoms with Crippen molar-refractivity contribution in [1.82, 2.24) is 5.43 Å². The van der Waals surface area contributed by atoms with E-state index in [2.05, 4.69) is 22.7 Å². The van der Waals surface area contributed by atoms with E-state index in [1.807, 2.05) is 49.4 Å². The van der Waals surface area contributed by atoms with Gasteiger partial charge in [-0.3, -0.25) is 4.79 Å². The van der Waals surface area contributed by atoms with Gasteiger partial charge in [0.15, 0.2) is 0 Å². The van der Waals surface area contributed by atoms with E-state index in [1.165, 1.54) is 5.56 Å². The molecule has 0 aromatic heterocycles. The third-order valence-electron chi connectivity index (χ3n) is 3.95. The molecular formula is C18H17ClN2O. The fourth-order valence-corrected chi connectivity index (χ4v) is 2.66. The van der Waals surface area contributed by atoms with Crippen molar-refractivity contribution in [2.45, 2.75) is 19.3 Å². The highest BCUT2D eigenvalue weighted by Crippen LogP contribution is 2.47. The number of amides is 1. The van der Waals surface area contributed by atoms with Gasteiger partial charge in [0.25, 0.3) is 0 Å². The number of nitrogens with zero attached hydrogens (tertiary/aromatic N) is 1. The van der Waals surface area contributed by atoms with Crippen LogP contribution in [0.2, 0.25) is 5.02 Å². The van der Waals surface area contributed by atoms with Crippen LogP contribution in [0.4, 0.5) is 0 Å². The molecule has 1 amide bonds. The highest BCUT2D eigenvalue weighted by atomic mass is 35.5. The van der Waals surface area contributed by atoms with Crippen molar-refractivity contribution in [1.29, 1.82) is 0 Å². The van der Waals surface area contributed by atoms with E-state index in [1.54, 1.807) is 0 Å². The van der Waals surface area contributed by atoms with E-state index in [9.17, 15) is 4.79 Å². The number of hydrazone groups is 1. The van der Waals surface area contributed by atoms with Crippen molar-refractivity contribution < 1.29 is 4.79 Å². The molecule has 0 saturated heterocycles. The number of carbonyl (C=O) groups is 1. The van der Waals surface area contributed by atoms with Gasteiger partial charge in [-0.15, -0.1) is 0 Å². The molecule has 1 fully saturated rings. The Morgan fingerprint density at radius 1 is 1.14 bits per heavy atom. The molecule has 1 N–H and O–H groups in total. The molecule has 0 aliphatic heterocycles. The van der Waals surface area contributed by atoms with Crippen molar-refractivity contribution in [3.05, 3.63) is 70.7 Å². The second-order valence-corrected chi connectivity index (χ2v) is 5.98. The van der Waals surface area contributed by atoms with Gasteiger partial charge in [-0.2, -0.15) is 5.10 Å². The maximum Gasteiger partial charge on any atom is 0.243 e. The van der Waals surface area contributed by atoms with Gasteiger partial charge in [-0.1, -0.05) is 54.1 Å². The fraction of sp³-hybridized carbons (Fsp3) is 0.222. The maximum absolute atomic E-state index is 12.1. The summed E-state index contributed by atoms with van der Waals surface area (Å²) >= 11 is 5.86. The Balaban J connectivity index is 1.59. The molecular weight excluding hydrogens is 296 g/mol. The Labute approximate surface area is 135 Å². The van der Waals surface area contributed by atoms with Crippen LogP contribution in [0.5, 0.6) is 0 Å². The van der Waals surface area contributed by atoms with Crippen molar-refractivity contribution in [3.63, 3.8) is 0 Å². The Hall–Kier alpha value is -2.13. The van der Waals surface area contributed by atoms with Gasteiger partial charge < -0.3 is 0 Å². The van der Waals surface area contributed by atoms with Crippen LogP contribution in [0.1, 0.15) is 30.4 Å². The minimum absolute atomic E-state index is 0.0119. The topological polar surface area (TPSA) is 41.5 Å². The zero-order chi connectivity index (χ0) is 15.5. The minimum Gasteiger partial charge on any atom is -0.273 e. The molecule has 1 saturated carbocycles. The van der Waals surface area contributed by atoms with E-state index in [0.29, 0.717) is 10.9 Å². The molecule has 0 unspecified atom stereocenters. The lowest BCUT2D eigenvalue weighted by molar-refractivity contribution is -0.122. The highest BCUT2D eigenvalue weighted by molar-refractivity contribution is 6.30. The zero-order valence-corrected chi connectivity index (χ0v) is 13.0. The minimum atomic E-state index is -0.0119. The Kier molecular flexibility index (Phi) is 4.25. The maximum atomic E-state index is 12.1. The molecule has 112 valence electrons. The summed E-state index contributed by atoms with van der Waals surface area (Å²) in [4.78, 5) is 12.1. The zero-order valence-electron chi connectivity index (χ0n) is 12.3. The molecule has 2 aromatic carbocycles. The molecule has 1 aliphatic carbocycles. The van der Waals surface area contributed by atoms with Crippen LogP contribution in [0, 0.1) is 5.92 Å². The van der Waals surface area contributed by atoms with Crippen molar-refractivity contribution >= 4 is 23.2 Å². The Bertz CT molecular complexity index is 695. The van der Waals surface area contributed by atoms with Gasteiger partial charge in [0.1, 0.15) is 0 Å². The third kappa shape index (κ3) is 3.37. The van der Waals surface area contributed by atoms with Crippen LogP contribution in [-0.2, 0) is 4.79 Å². The smallest absolute Gasteiger partial charge is 0.243 e. The number of hydrogen-bond donors (Lipinski definition) is 1. The number of carbonyl (C=O) groups excluding carboxylic acids is 1. The number of benzene rings is 2. The lowest BCUT2D eigenvalue weighted by Crippen LogP contribution is -2.21. The monoisotopic (exact) mass is 312 g/mol. The van der Waals surface area contributed by atoms with Crippen LogP contribution >= 0.6 is 11.6 Å². The number of halogens is 1. The summed E-state index contributed by atoms with van der Waals surface area (Å²) in [7, 11) is 0. The average Bonchev–Trinajstić information content (AvgIpc) is 3.34. The summed E-state index contributed by atoms with van der Waals surface area (Å²) in [5.41, 5.74) is 5.61. The van der Waals surface area contributed by atoms with Gasteiger partial charge in [0.2, 0.25) is 5.91 Å². The highest BCUT2D eigenvalue weighted by Gasteiger charge is 2.43. The summed E-state index contributed by atoms with van der Waals surface area (Å²) in [5.74, 6) is 0.346. The van der Waals surface area contributed by atoms with Crippen molar-refractivity contribution in [2.75, 3.05) is 0 Å². The normalized spacial score (nSPS) is 20.5. The Morgan fingerprint density at radius 3 is 2.50 bits per heavy atom. The van der Waals surface area contributed by atoms with Gasteiger partial charge in [0.05, 0.1) is 5.71 Å². The summed E-state index contributed by atoms with van der Waals surface area (Å²) < 4.78 is 0. The summed E-state index contributed by atoms with van der Waals surface area (Å²) in [6, 6.07) is 17.5. The SMILES string of the molecule is C/C(=N/NC(=O)[C@H]1C[C@H]1c1ccccc1)c1ccc(Cl)cc1. The lowest BCUT2D eigenvalue weighted by atomic mass is 10.1. The van der Waals surface area contributed by atoms with Gasteiger partial charge in [0, 0.05) is 10.9 Å². The molecule has 22 heavy (non-hydrogen) atoms. The van der Waals surface area contributed by atoms with Crippen LogP contribution in [0.15, 0.2) is 59.7 Å². The first-order chi connectivity index (χ1) is 10.6. The molecule has 2 aromatic rings. The van der Waals surface area contributed by atoms with E-state index in [0.717, 1.165) is 17.7 Å². The summed E-state index contributed by atoms with van der Waals surface area (Å²) in [5, 5.41) is 4.87. The predicted molar refractivity (Wildman–Crippen MR) is 89.1 cm³/mol. The van der Waals surface area contributed by atoms with Crippen molar-refractivity contribution in [3.8, 4) is 0 Å². The third-order valence-corrected chi connectivity index (χ3v) is 4.20. The molecule has 3 nitrogen and oxygen atoms in total. The molecule has 3 rings (SSSR count). The summed E-state index contributed by atoms with van der Waals surface area (Å²) in [6.45, 7) is 1.87. The van der Waals surface area contributed by atoms with Crippen LogP contribution in [-0.4, -0.2) is 11.6 Å². The molecule has 0 heterocycles. The first-order valence-corrected chi connectivity index (χ1v) is 7.68. The number of rotatable bonds is 4. The number of hydrogen-bond acceptors (Lipinski definition) is 2. The number of nitrogens with one attached hydrogen (secondary N) is 1. The average molecular weight is 313 g/mol. The van der Waals surface area contributed by atoms with Crippen molar-refractivity contribution in [2.24, 2.45) is 11.0 Å².